The van der Waals surface area contributed by atoms with Crippen LogP contribution in [0.4, 0.5) is 0 Å². The molecule has 1 aliphatic rings. The van der Waals surface area contributed by atoms with Gasteiger partial charge in [-0.15, -0.1) is 0 Å². The molecule has 2 unspecified atom stereocenters. The smallest absolute Gasteiger partial charge is 0.266 e. The van der Waals surface area contributed by atoms with Crippen molar-refractivity contribution in [1.29, 1.82) is 0 Å². The highest BCUT2D eigenvalue weighted by molar-refractivity contribution is 9.10. The molecule has 0 spiro atoms. The molecule has 2 heterocycles. The van der Waals surface area contributed by atoms with Gasteiger partial charge in [0.1, 0.15) is 5.82 Å². The van der Waals surface area contributed by atoms with Gasteiger partial charge in [0.25, 0.3) is 5.56 Å². The molecule has 0 saturated carbocycles. The molecule has 4 rings (SSSR count). The molecule has 3 aromatic rings. The predicted molar refractivity (Wildman–Crippen MR) is 145 cm³/mol. The Morgan fingerprint density at radius 1 is 1.11 bits per heavy atom. The Labute approximate surface area is 216 Å². The molecule has 1 saturated heterocycles. The molecule has 0 bridgehead atoms. The van der Waals surface area contributed by atoms with E-state index in [0.717, 1.165) is 35.5 Å². The van der Waals surface area contributed by atoms with Gasteiger partial charge < -0.3 is 4.90 Å². The lowest BCUT2D eigenvalue weighted by Crippen LogP contribution is -2.55. The van der Waals surface area contributed by atoms with Crippen molar-refractivity contribution in [2.24, 2.45) is 5.41 Å². The molecule has 6 nitrogen and oxygen atoms in total. The number of carbonyl (C=O) groups is 1. The molecular formula is C28H35BrN4O2. The van der Waals surface area contributed by atoms with E-state index in [4.69, 9.17) is 4.98 Å². The molecule has 0 N–H and O–H groups in total. The van der Waals surface area contributed by atoms with Crippen molar-refractivity contribution in [3.05, 3.63) is 69.2 Å². The highest BCUT2D eigenvalue weighted by atomic mass is 79.9. The van der Waals surface area contributed by atoms with Crippen LogP contribution in [0.1, 0.15) is 59.3 Å². The maximum absolute atomic E-state index is 13.7. The van der Waals surface area contributed by atoms with Gasteiger partial charge in [0, 0.05) is 36.6 Å². The summed E-state index contributed by atoms with van der Waals surface area (Å²) in [5.41, 5.74) is 1.43. The summed E-state index contributed by atoms with van der Waals surface area (Å²) in [6.45, 7) is 12.7. The van der Waals surface area contributed by atoms with Crippen molar-refractivity contribution in [2.45, 2.75) is 59.5 Å². The van der Waals surface area contributed by atoms with Crippen LogP contribution in [0.2, 0.25) is 0 Å². The van der Waals surface area contributed by atoms with Crippen LogP contribution in [0.5, 0.6) is 0 Å². The Morgan fingerprint density at radius 3 is 2.43 bits per heavy atom. The number of nitrogens with zero attached hydrogens (tertiary/aromatic N) is 4. The predicted octanol–water partition coefficient (Wildman–Crippen LogP) is 5.57. The van der Waals surface area contributed by atoms with Crippen molar-refractivity contribution in [3.8, 4) is 5.69 Å². The van der Waals surface area contributed by atoms with Gasteiger partial charge in [-0.3, -0.25) is 19.1 Å². The zero-order valence-electron chi connectivity index (χ0n) is 21.3. The van der Waals surface area contributed by atoms with E-state index >= 15 is 0 Å². The molecule has 1 aliphatic heterocycles. The van der Waals surface area contributed by atoms with Gasteiger partial charge in [-0.25, -0.2) is 4.98 Å². The summed E-state index contributed by atoms with van der Waals surface area (Å²) in [7, 11) is 0. The second kappa shape index (κ2) is 10.2. The summed E-state index contributed by atoms with van der Waals surface area (Å²) < 4.78 is 2.73. The monoisotopic (exact) mass is 538 g/mol. The highest BCUT2D eigenvalue weighted by Crippen LogP contribution is 2.29. The van der Waals surface area contributed by atoms with Crippen LogP contribution in [0.25, 0.3) is 16.6 Å². The Morgan fingerprint density at radius 2 is 1.80 bits per heavy atom. The molecule has 2 aromatic carbocycles. The Bertz CT molecular complexity index is 1260. The topological polar surface area (TPSA) is 58.4 Å². The first-order valence-electron chi connectivity index (χ1n) is 12.4. The average molecular weight is 540 g/mol. The first-order chi connectivity index (χ1) is 16.6. The maximum atomic E-state index is 13.7. The number of carbonyl (C=O) groups excluding carboxylic acids is 1. The largest absolute Gasteiger partial charge is 0.337 e. The van der Waals surface area contributed by atoms with Crippen LogP contribution in [0, 0.1) is 5.41 Å². The summed E-state index contributed by atoms with van der Waals surface area (Å²) in [4.78, 5) is 36.1. The third kappa shape index (κ3) is 5.51. The number of benzene rings is 2. The number of fused-ring (bicyclic) bond motifs is 1. The molecule has 2 atom stereocenters. The fraction of sp³-hybridized carbons (Fsp3) is 0.464. The van der Waals surface area contributed by atoms with Gasteiger partial charge in [0.2, 0.25) is 5.91 Å². The Kier molecular flexibility index (Phi) is 7.48. The van der Waals surface area contributed by atoms with Gasteiger partial charge >= 0.3 is 0 Å². The summed E-state index contributed by atoms with van der Waals surface area (Å²) in [5, 5.41) is 0.611. The lowest BCUT2D eigenvalue weighted by Gasteiger charge is -2.43. The zero-order chi connectivity index (χ0) is 25.3. The van der Waals surface area contributed by atoms with Crippen LogP contribution >= 0.6 is 15.9 Å². The van der Waals surface area contributed by atoms with Gasteiger partial charge in [-0.05, 0) is 55.2 Å². The van der Waals surface area contributed by atoms with E-state index in [9.17, 15) is 9.59 Å². The highest BCUT2D eigenvalue weighted by Gasteiger charge is 2.34. The molecular weight excluding hydrogens is 504 g/mol. The maximum Gasteiger partial charge on any atom is 0.266 e. The standard InChI is InChI=1S/C28H35BrN4O2/c1-6-24(31-15-16-32(19(2)18-31)25(34)17-28(3,4)5)26-30-23-10-8-7-9-22(23)27(35)33(26)21-13-11-20(29)12-14-21/h7-14,19,24H,6,15-18H2,1-5H3. The van der Waals surface area contributed by atoms with Gasteiger partial charge in [-0.1, -0.05) is 55.8 Å². The van der Waals surface area contributed by atoms with E-state index in [-0.39, 0.29) is 29.0 Å². The van der Waals surface area contributed by atoms with Crippen LogP contribution in [-0.4, -0.2) is 50.9 Å². The van der Waals surface area contributed by atoms with Gasteiger partial charge in [-0.2, -0.15) is 0 Å². The number of hydrogen-bond acceptors (Lipinski definition) is 4. The normalized spacial score (nSPS) is 18.1. The number of amides is 1. The first kappa shape index (κ1) is 25.6. The third-order valence-corrected chi connectivity index (χ3v) is 7.20. The van der Waals surface area contributed by atoms with Crippen molar-refractivity contribution in [3.63, 3.8) is 0 Å². The minimum absolute atomic E-state index is 0.0321. The molecule has 1 fully saturated rings. The number of halogens is 1. The van der Waals surface area contributed by atoms with E-state index < -0.39 is 0 Å². The van der Waals surface area contributed by atoms with E-state index in [2.05, 4.69) is 55.4 Å². The fourth-order valence-corrected chi connectivity index (χ4v) is 5.28. The fourth-order valence-electron chi connectivity index (χ4n) is 5.01. The van der Waals surface area contributed by atoms with Crippen LogP contribution in [0.3, 0.4) is 0 Å². The third-order valence-electron chi connectivity index (χ3n) is 6.67. The molecule has 1 amide bonds. The van der Waals surface area contributed by atoms with E-state index in [1.54, 1.807) is 4.57 Å². The number of para-hydroxylation sites is 1. The van der Waals surface area contributed by atoms with Gasteiger partial charge in [0.05, 0.1) is 22.6 Å². The van der Waals surface area contributed by atoms with Crippen molar-refractivity contribution < 1.29 is 4.79 Å². The molecule has 1 aromatic heterocycles. The van der Waals surface area contributed by atoms with Crippen molar-refractivity contribution in [1.82, 2.24) is 19.4 Å². The number of rotatable bonds is 5. The average Bonchev–Trinajstić information content (AvgIpc) is 2.79. The minimum atomic E-state index is -0.0570. The van der Waals surface area contributed by atoms with Crippen LogP contribution in [0.15, 0.2) is 57.8 Å². The molecule has 35 heavy (non-hydrogen) atoms. The summed E-state index contributed by atoms with van der Waals surface area (Å²) in [6, 6.07) is 15.4. The molecule has 0 radical (unpaired) electrons. The lowest BCUT2D eigenvalue weighted by molar-refractivity contribution is -0.138. The first-order valence-corrected chi connectivity index (χ1v) is 13.2. The van der Waals surface area contributed by atoms with Gasteiger partial charge in [0.15, 0.2) is 0 Å². The Balaban J connectivity index is 1.72. The quantitative estimate of drug-likeness (QED) is 0.426. The summed E-state index contributed by atoms with van der Waals surface area (Å²) >= 11 is 3.50. The molecule has 7 heteroatoms. The Hall–Kier alpha value is -2.51. The summed E-state index contributed by atoms with van der Waals surface area (Å²) in [5.74, 6) is 0.966. The number of hydrogen-bond donors (Lipinski definition) is 0. The number of piperazine rings is 1. The lowest BCUT2D eigenvalue weighted by atomic mass is 9.91. The minimum Gasteiger partial charge on any atom is -0.337 e. The van der Waals surface area contributed by atoms with Crippen LogP contribution in [-0.2, 0) is 4.79 Å². The van der Waals surface area contributed by atoms with Crippen molar-refractivity contribution in [2.75, 3.05) is 19.6 Å². The van der Waals surface area contributed by atoms with E-state index in [1.165, 1.54) is 0 Å². The summed E-state index contributed by atoms with van der Waals surface area (Å²) in [6.07, 6.45) is 1.36. The second-order valence-corrected chi connectivity index (χ2v) is 11.6. The van der Waals surface area contributed by atoms with E-state index in [1.807, 2.05) is 53.4 Å². The number of aromatic nitrogens is 2. The SMILES string of the molecule is CCC(c1nc2ccccc2c(=O)n1-c1ccc(Br)cc1)N1CCN(C(=O)CC(C)(C)C)C(C)C1. The van der Waals surface area contributed by atoms with Crippen LogP contribution < -0.4 is 5.56 Å². The van der Waals surface area contributed by atoms with Crippen molar-refractivity contribution >= 4 is 32.7 Å². The zero-order valence-corrected chi connectivity index (χ0v) is 22.9. The second-order valence-electron chi connectivity index (χ2n) is 10.7. The van der Waals surface area contributed by atoms with E-state index in [0.29, 0.717) is 23.9 Å². The molecule has 0 aliphatic carbocycles. The molecule has 186 valence electrons.